The van der Waals surface area contributed by atoms with Gasteiger partial charge in [-0.1, -0.05) is 60.2 Å². The number of nitrogens with one attached hydrogen (secondary N) is 1. The van der Waals surface area contributed by atoms with Gasteiger partial charge in [-0.05, 0) is 54.3 Å². The quantitative estimate of drug-likeness (QED) is 0.530. The van der Waals surface area contributed by atoms with Crippen LogP contribution in [0.4, 0.5) is 0 Å². The fourth-order valence-corrected chi connectivity index (χ4v) is 4.30. The summed E-state index contributed by atoms with van der Waals surface area (Å²) in [6.07, 6.45) is 6.47. The van der Waals surface area contributed by atoms with E-state index in [0.29, 0.717) is 30.3 Å². The summed E-state index contributed by atoms with van der Waals surface area (Å²) in [6, 6.07) is 14.3. The van der Waals surface area contributed by atoms with E-state index in [1.807, 2.05) is 24.3 Å². The molecular formula is C24H28BrNO4. The van der Waals surface area contributed by atoms with E-state index >= 15 is 0 Å². The zero-order valence-corrected chi connectivity index (χ0v) is 18.8. The van der Waals surface area contributed by atoms with Crippen molar-refractivity contribution in [1.82, 2.24) is 5.32 Å². The van der Waals surface area contributed by atoms with Crippen molar-refractivity contribution in [1.29, 1.82) is 0 Å². The van der Waals surface area contributed by atoms with E-state index in [0.717, 1.165) is 22.9 Å². The van der Waals surface area contributed by atoms with Crippen molar-refractivity contribution in [2.24, 2.45) is 5.92 Å². The third kappa shape index (κ3) is 6.59. The molecule has 2 aromatic rings. The van der Waals surface area contributed by atoms with Gasteiger partial charge in [-0.25, -0.2) is 4.79 Å². The van der Waals surface area contributed by atoms with Gasteiger partial charge in [0, 0.05) is 10.0 Å². The summed E-state index contributed by atoms with van der Waals surface area (Å²) in [5.41, 5.74) is 1.54. The normalized spacial score (nSPS) is 15.3. The molecule has 0 radical (unpaired) electrons. The Labute approximate surface area is 186 Å². The lowest BCUT2D eigenvalue weighted by atomic mass is 9.85. The molecule has 3 rings (SSSR count). The average Bonchev–Trinajstić information content (AvgIpc) is 2.77. The van der Waals surface area contributed by atoms with Crippen molar-refractivity contribution in [2.75, 3.05) is 7.11 Å². The molecule has 1 fully saturated rings. The number of benzene rings is 2. The first-order valence-corrected chi connectivity index (χ1v) is 11.2. The molecule has 0 spiro atoms. The van der Waals surface area contributed by atoms with Crippen LogP contribution < -0.4 is 10.1 Å². The van der Waals surface area contributed by atoms with Crippen molar-refractivity contribution in [3.05, 3.63) is 64.1 Å². The minimum atomic E-state index is -0.613. The predicted molar refractivity (Wildman–Crippen MR) is 119 cm³/mol. The van der Waals surface area contributed by atoms with E-state index in [-0.39, 0.29) is 11.9 Å². The minimum Gasteiger partial charge on any atom is -0.489 e. The van der Waals surface area contributed by atoms with Gasteiger partial charge in [0.15, 0.2) is 0 Å². The molecule has 1 amide bonds. The number of ether oxygens (including phenoxy) is 2. The number of amides is 1. The first-order valence-electron chi connectivity index (χ1n) is 10.4. The van der Waals surface area contributed by atoms with E-state index in [1.54, 1.807) is 24.3 Å². The van der Waals surface area contributed by atoms with Gasteiger partial charge in [-0.3, -0.25) is 4.79 Å². The van der Waals surface area contributed by atoms with Gasteiger partial charge in [0.05, 0.1) is 7.11 Å². The van der Waals surface area contributed by atoms with Crippen molar-refractivity contribution in [3.63, 3.8) is 0 Å². The SMILES string of the molecule is COC(=O)[C@H](CC1CCCCC1)NC(=O)c1ccc(OCc2cccc(Br)c2)cc1. The molecule has 1 aliphatic carbocycles. The van der Waals surface area contributed by atoms with Gasteiger partial charge in [-0.2, -0.15) is 0 Å². The Morgan fingerprint density at radius 3 is 2.50 bits per heavy atom. The standard InChI is InChI=1S/C24H28BrNO4/c1-29-24(28)22(15-17-6-3-2-4-7-17)26-23(27)19-10-12-21(13-11-19)30-16-18-8-5-9-20(25)14-18/h5,8-14,17,22H,2-4,6-7,15-16H2,1H3,(H,26,27)/t22-/m0/s1. The number of carbonyl (C=O) groups is 2. The van der Waals surface area contributed by atoms with Crippen LogP contribution in [0.1, 0.15) is 54.4 Å². The van der Waals surface area contributed by atoms with Crippen molar-refractivity contribution < 1.29 is 19.1 Å². The highest BCUT2D eigenvalue weighted by Gasteiger charge is 2.26. The molecule has 0 unspecified atom stereocenters. The Morgan fingerprint density at radius 2 is 1.83 bits per heavy atom. The molecule has 6 heteroatoms. The van der Waals surface area contributed by atoms with Crippen LogP contribution in [0.5, 0.6) is 5.75 Å². The maximum Gasteiger partial charge on any atom is 0.328 e. The van der Waals surface area contributed by atoms with Crippen LogP contribution in [0.15, 0.2) is 53.0 Å². The van der Waals surface area contributed by atoms with Crippen LogP contribution in [-0.2, 0) is 16.1 Å². The van der Waals surface area contributed by atoms with Gasteiger partial charge >= 0.3 is 5.97 Å². The van der Waals surface area contributed by atoms with Crippen molar-refractivity contribution in [2.45, 2.75) is 51.2 Å². The Bertz CT molecular complexity index is 847. The first-order chi connectivity index (χ1) is 14.5. The highest BCUT2D eigenvalue weighted by atomic mass is 79.9. The Kier molecular flexibility index (Phi) is 8.31. The zero-order chi connectivity index (χ0) is 21.3. The number of hydrogen-bond donors (Lipinski definition) is 1. The van der Waals surface area contributed by atoms with Crippen molar-refractivity contribution >= 4 is 27.8 Å². The molecule has 0 bridgehead atoms. The Hall–Kier alpha value is -2.34. The van der Waals surface area contributed by atoms with Crippen LogP contribution in [0, 0.1) is 5.92 Å². The predicted octanol–water partition coefficient (Wildman–Crippen LogP) is 5.27. The van der Waals surface area contributed by atoms with Crippen LogP contribution in [0.25, 0.3) is 0 Å². The lowest BCUT2D eigenvalue weighted by molar-refractivity contribution is -0.143. The molecule has 2 aromatic carbocycles. The van der Waals surface area contributed by atoms with E-state index < -0.39 is 6.04 Å². The number of carbonyl (C=O) groups excluding carboxylic acids is 2. The Balaban J connectivity index is 1.57. The molecule has 0 saturated heterocycles. The fourth-order valence-electron chi connectivity index (χ4n) is 3.85. The van der Waals surface area contributed by atoms with Gasteiger partial charge in [-0.15, -0.1) is 0 Å². The fraction of sp³-hybridized carbons (Fsp3) is 0.417. The number of halogens is 1. The molecule has 1 N–H and O–H groups in total. The summed E-state index contributed by atoms with van der Waals surface area (Å²) in [7, 11) is 1.36. The number of methoxy groups -OCH3 is 1. The maximum absolute atomic E-state index is 12.7. The largest absolute Gasteiger partial charge is 0.489 e. The van der Waals surface area contributed by atoms with Crippen LogP contribution in [0.3, 0.4) is 0 Å². The molecule has 1 atom stereocenters. The molecule has 0 heterocycles. The van der Waals surface area contributed by atoms with Gasteiger partial charge in [0.1, 0.15) is 18.4 Å². The summed E-state index contributed by atoms with van der Waals surface area (Å²) < 4.78 is 11.7. The third-order valence-electron chi connectivity index (χ3n) is 5.50. The summed E-state index contributed by atoms with van der Waals surface area (Å²) in [5, 5.41) is 2.86. The molecule has 30 heavy (non-hydrogen) atoms. The van der Waals surface area contributed by atoms with Crippen LogP contribution in [-0.4, -0.2) is 25.0 Å². The molecule has 1 aliphatic rings. The van der Waals surface area contributed by atoms with E-state index in [1.165, 1.54) is 26.4 Å². The van der Waals surface area contributed by atoms with Gasteiger partial charge in [0.2, 0.25) is 0 Å². The minimum absolute atomic E-state index is 0.278. The highest BCUT2D eigenvalue weighted by molar-refractivity contribution is 9.10. The van der Waals surface area contributed by atoms with E-state index in [4.69, 9.17) is 9.47 Å². The van der Waals surface area contributed by atoms with Crippen LogP contribution >= 0.6 is 15.9 Å². The maximum atomic E-state index is 12.7. The Morgan fingerprint density at radius 1 is 1.10 bits per heavy atom. The molecular weight excluding hydrogens is 446 g/mol. The highest BCUT2D eigenvalue weighted by Crippen LogP contribution is 2.27. The second kappa shape index (κ2) is 11.2. The molecule has 1 saturated carbocycles. The summed E-state index contributed by atoms with van der Waals surface area (Å²) in [4.78, 5) is 24.9. The third-order valence-corrected chi connectivity index (χ3v) is 5.99. The summed E-state index contributed by atoms with van der Waals surface area (Å²) in [5.74, 6) is 0.470. The van der Waals surface area contributed by atoms with Crippen LogP contribution in [0.2, 0.25) is 0 Å². The van der Waals surface area contributed by atoms with E-state index in [9.17, 15) is 9.59 Å². The zero-order valence-electron chi connectivity index (χ0n) is 17.2. The molecule has 0 aromatic heterocycles. The first kappa shape index (κ1) is 22.3. The number of esters is 1. The summed E-state index contributed by atoms with van der Waals surface area (Å²) in [6.45, 7) is 0.441. The molecule has 0 aliphatic heterocycles. The molecule has 160 valence electrons. The second-order valence-electron chi connectivity index (χ2n) is 7.73. The second-order valence-corrected chi connectivity index (χ2v) is 8.65. The summed E-state index contributed by atoms with van der Waals surface area (Å²) >= 11 is 3.45. The lowest BCUT2D eigenvalue weighted by Crippen LogP contribution is -2.43. The van der Waals surface area contributed by atoms with Gasteiger partial charge in [0.25, 0.3) is 5.91 Å². The smallest absolute Gasteiger partial charge is 0.328 e. The monoisotopic (exact) mass is 473 g/mol. The van der Waals surface area contributed by atoms with E-state index in [2.05, 4.69) is 21.2 Å². The molecule has 5 nitrogen and oxygen atoms in total. The topological polar surface area (TPSA) is 64.6 Å². The number of rotatable bonds is 8. The van der Waals surface area contributed by atoms with Gasteiger partial charge < -0.3 is 14.8 Å². The average molecular weight is 474 g/mol. The lowest BCUT2D eigenvalue weighted by Gasteiger charge is -2.25. The van der Waals surface area contributed by atoms with Crippen molar-refractivity contribution in [3.8, 4) is 5.75 Å². The number of hydrogen-bond acceptors (Lipinski definition) is 4.